The van der Waals surface area contributed by atoms with Crippen LogP contribution in [0.3, 0.4) is 0 Å². The van der Waals surface area contributed by atoms with Crippen molar-refractivity contribution in [2.24, 2.45) is 0 Å². The number of fused-ring (bicyclic) bond motifs is 1. The average molecular weight is 327 g/mol. The van der Waals surface area contributed by atoms with E-state index in [0.717, 1.165) is 17.0 Å². The van der Waals surface area contributed by atoms with Crippen LogP contribution in [0.1, 0.15) is 23.7 Å². The van der Waals surface area contributed by atoms with Crippen molar-refractivity contribution in [3.63, 3.8) is 0 Å². The molecule has 0 saturated carbocycles. The summed E-state index contributed by atoms with van der Waals surface area (Å²) in [5.41, 5.74) is 0.0793. The molecule has 8 nitrogen and oxygen atoms in total. The van der Waals surface area contributed by atoms with E-state index in [9.17, 15) is 22.8 Å². The second-order valence-corrected chi connectivity index (χ2v) is 5.92. The molecule has 2 rings (SSSR count). The molecular weight excluding hydrogens is 314 g/mol. The normalized spacial score (nSPS) is 14.2. The smallest absolute Gasteiger partial charge is 0.307 e. The topological polar surface area (TPSA) is 118 Å². The van der Waals surface area contributed by atoms with Gasteiger partial charge in [-0.25, -0.2) is 0 Å². The summed E-state index contributed by atoms with van der Waals surface area (Å²) < 4.78 is 35.9. The number of anilines is 1. The zero-order valence-electron chi connectivity index (χ0n) is 11.6. The van der Waals surface area contributed by atoms with Crippen molar-refractivity contribution in [3.05, 3.63) is 23.8 Å². The first-order valence-electron chi connectivity index (χ1n) is 6.39. The number of hydrogen-bond donors (Lipinski definition) is 1. The number of hydrogen-bond acceptors (Lipinski definition) is 6. The molecule has 1 aromatic rings. The summed E-state index contributed by atoms with van der Waals surface area (Å²) in [7, 11) is -4.47. The fourth-order valence-corrected chi connectivity index (χ4v) is 2.61. The Balaban J connectivity index is 2.29. The zero-order valence-corrected chi connectivity index (χ0v) is 12.4. The van der Waals surface area contributed by atoms with E-state index in [1.807, 2.05) is 0 Å². The van der Waals surface area contributed by atoms with Crippen LogP contribution in [0, 0.1) is 0 Å². The Morgan fingerprint density at radius 1 is 1.32 bits per heavy atom. The highest BCUT2D eigenvalue weighted by molar-refractivity contribution is 7.85. The van der Waals surface area contributed by atoms with Crippen molar-refractivity contribution in [1.82, 2.24) is 0 Å². The average Bonchev–Trinajstić information content (AvgIpc) is 2.68. The first-order chi connectivity index (χ1) is 10.3. The minimum absolute atomic E-state index is 0.0539. The van der Waals surface area contributed by atoms with Crippen molar-refractivity contribution in [2.75, 3.05) is 18.1 Å². The third-order valence-electron chi connectivity index (χ3n) is 3.09. The summed E-state index contributed by atoms with van der Waals surface area (Å²) in [5.74, 6) is -2.25. The molecule has 0 aromatic heterocycles. The van der Waals surface area contributed by atoms with Crippen molar-refractivity contribution < 1.29 is 32.1 Å². The Hall–Kier alpha value is -2.26. The maximum Gasteiger partial charge on any atom is 0.307 e. The monoisotopic (exact) mass is 327 g/mol. The van der Waals surface area contributed by atoms with Crippen molar-refractivity contribution in [1.29, 1.82) is 0 Å². The highest BCUT2D eigenvalue weighted by Crippen LogP contribution is 2.31. The van der Waals surface area contributed by atoms with Crippen LogP contribution in [0.2, 0.25) is 0 Å². The van der Waals surface area contributed by atoms with E-state index in [1.165, 1.54) is 6.07 Å². The molecule has 1 aromatic carbocycles. The third kappa shape index (κ3) is 3.00. The highest BCUT2D eigenvalue weighted by atomic mass is 32.2. The van der Waals surface area contributed by atoms with E-state index in [-0.39, 0.29) is 30.8 Å². The van der Waals surface area contributed by atoms with Gasteiger partial charge in [-0.3, -0.25) is 18.9 Å². The quantitative estimate of drug-likeness (QED) is 0.473. The summed E-state index contributed by atoms with van der Waals surface area (Å²) >= 11 is 0. The molecule has 9 heteroatoms. The maximum atomic E-state index is 11.9. The van der Waals surface area contributed by atoms with Crippen LogP contribution in [0.25, 0.3) is 0 Å². The fourth-order valence-electron chi connectivity index (χ4n) is 2.10. The largest absolute Gasteiger partial charge is 0.466 e. The molecule has 0 spiro atoms. The predicted molar refractivity (Wildman–Crippen MR) is 74.2 cm³/mol. The number of ketones is 1. The van der Waals surface area contributed by atoms with Gasteiger partial charge >= 0.3 is 5.97 Å². The summed E-state index contributed by atoms with van der Waals surface area (Å²) in [6.45, 7) is 1.80. The zero-order chi connectivity index (χ0) is 16.5. The predicted octanol–water partition coefficient (Wildman–Crippen LogP) is 0.416. The summed E-state index contributed by atoms with van der Waals surface area (Å²) in [5, 5.41) is 0. The molecule has 1 heterocycles. The van der Waals surface area contributed by atoms with Gasteiger partial charge in [-0.15, -0.1) is 0 Å². The number of nitrogens with zero attached hydrogens (tertiary/aromatic N) is 1. The molecule has 0 bridgehead atoms. The van der Waals surface area contributed by atoms with Gasteiger partial charge in [-0.05, 0) is 25.1 Å². The summed E-state index contributed by atoms with van der Waals surface area (Å²) in [6, 6.07) is 3.26. The van der Waals surface area contributed by atoms with Crippen LogP contribution in [0.5, 0.6) is 0 Å². The van der Waals surface area contributed by atoms with E-state index >= 15 is 0 Å². The number of carbonyl (C=O) groups excluding carboxylic acids is 3. The van der Waals surface area contributed by atoms with Gasteiger partial charge < -0.3 is 9.64 Å². The number of benzene rings is 1. The second-order valence-electron chi connectivity index (χ2n) is 4.49. The number of amides is 1. The van der Waals surface area contributed by atoms with Crippen molar-refractivity contribution in [3.8, 4) is 0 Å². The van der Waals surface area contributed by atoms with Gasteiger partial charge in [0.1, 0.15) is 0 Å². The Labute approximate surface area is 126 Å². The Morgan fingerprint density at radius 2 is 2.00 bits per heavy atom. The first-order valence-corrected chi connectivity index (χ1v) is 7.83. The van der Waals surface area contributed by atoms with Gasteiger partial charge in [0.25, 0.3) is 21.8 Å². The molecule has 0 atom stereocenters. The lowest BCUT2D eigenvalue weighted by atomic mass is 10.1. The van der Waals surface area contributed by atoms with E-state index < -0.39 is 32.7 Å². The Morgan fingerprint density at radius 3 is 2.59 bits per heavy atom. The molecule has 0 fully saturated rings. The number of rotatable bonds is 5. The van der Waals surface area contributed by atoms with Crippen molar-refractivity contribution in [2.45, 2.75) is 18.2 Å². The van der Waals surface area contributed by atoms with Crippen LogP contribution in [0.15, 0.2) is 23.1 Å². The molecule has 0 radical (unpaired) electrons. The van der Waals surface area contributed by atoms with E-state index in [4.69, 9.17) is 9.29 Å². The number of ether oxygens (including phenoxy) is 1. The number of esters is 1. The Bertz CT molecular complexity index is 754. The molecule has 0 saturated heterocycles. The molecule has 1 aliphatic rings. The summed E-state index contributed by atoms with van der Waals surface area (Å²) in [6.07, 6.45) is -0.0909. The van der Waals surface area contributed by atoms with Gasteiger partial charge in [-0.2, -0.15) is 8.42 Å². The molecule has 1 amide bonds. The molecule has 1 aliphatic heterocycles. The summed E-state index contributed by atoms with van der Waals surface area (Å²) in [4.78, 5) is 35.7. The Kier molecular flexibility index (Phi) is 4.29. The van der Waals surface area contributed by atoms with Crippen LogP contribution in [0.4, 0.5) is 5.69 Å². The molecule has 1 N–H and O–H groups in total. The first kappa shape index (κ1) is 16.1. The SMILES string of the molecule is CCOC(=O)CCN1C(=O)C(=O)c2cc(S(=O)(=O)O)ccc21. The van der Waals surface area contributed by atoms with Crippen LogP contribution < -0.4 is 4.90 Å². The molecule has 0 unspecified atom stereocenters. The van der Waals surface area contributed by atoms with Crippen LogP contribution in [-0.4, -0.2) is 43.8 Å². The molecule has 118 valence electrons. The number of carbonyl (C=O) groups is 3. The highest BCUT2D eigenvalue weighted by Gasteiger charge is 2.36. The van der Waals surface area contributed by atoms with Crippen molar-refractivity contribution >= 4 is 33.5 Å². The van der Waals surface area contributed by atoms with E-state index in [1.54, 1.807) is 6.92 Å². The van der Waals surface area contributed by atoms with Gasteiger partial charge in [0.2, 0.25) is 0 Å². The van der Waals surface area contributed by atoms with Gasteiger partial charge in [0.15, 0.2) is 0 Å². The molecule has 22 heavy (non-hydrogen) atoms. The molecule has 0 aliphatic carbocycles. The van der Waals surface area contributed by atoms with Gasteiger partial charge in [-0.1, -0.05) is 0 Å². The minimum atomic E-state index is -4.47. The second kappa shape index (κ2) is 5.85. The standard InChI is InChI=1S/C13H13NO7S/c1-2-21-11(15)5-6-14-10-4-3-8(22(18,19)20)7-9(10)12(16)13(14)17/h3-4,7H,2,5-6H2,1H3,(H,18,19,20). The molecular formula is C13H13NO7S. The van der Waals surface area contributed by atoms with E-state index in [0.29, 0.717) is 0 Å². The van der Waals surface area contributed by atoms with Crippen LogP contribution in [-0.2, 0) is 24.4 Å². The minimum Gasteiger partial charge on any atom is -0.466 e. The lowest BCUT2D eigenvalue weighted by molar-refractivity contribution is -0.142. The maximum absolute atomic E-state index is 11.9. The fraction of sp³-hybridized carbons (Fsp3) is 0.308. The lowest BCUT2D eigenvalue weighted by Crippen LogP contribution is -2.32. The van der Waals surface area contributed by atoms with E-state index in [2.05, 4.69) is 0 Å². The van der Waals surface area contributed by atoms with Crippen LogP contribution >= 0.6 is 0 Å². The van der Waals surface area contributed by atoms with Gasteiger partial charge in [0, 0.05) is 6.54 Å². The lowest BCUT2D eigenvalue weighted by Gasteiger charge is -2.15. The van der Waals surface area contributed by atoms with Gasteiger partial charge in [0.05, 0.1) is 29.2 Å². The third-order valence-corrected chi connectivity index (χ3v) is 3.94. The number of Topliss-reactive ketones (excluding diaryl/α,β-unsaturated/α-hetero) is 1.